The van der Waals surface area contributed by atoms with Crippen molar-refractivity contribution in [1.82, 2.24) is 10.2 Å². The van der Waals surface area contributed by atoms with Crippen LogP contribution in [0.1, 0.15) is 46.5 Å². The van der Waals surface area contributed by atoms with Crippen LogP contribution in [0.15, 0.2) is 0 Å². The van der Waals surface area contributed by atoms with E-state index in [2.05, 4.69) is 38.0 Å². The second-order valence-electron chi connectivity index (χ2n) is 5.84. The Kier molecular flexibility index (Phi) is 10.5. The van der Waals surface area contributed by atoms with Crippen LogP contribution in [0, 0.1) is 0 Å². The molecule has 0 rings (SSSR count). The first-order valence-electron chi connectivity index (χ1n) is 7.55. The molecule has 0 saturated carbocycles. The quantitative estimate of drug-likeness (QED) is 0.533. The molecule has 0 radical (unpaired) electrons. The first kappa shape index (κ1) is 18.8. The molecule has 116 valence electrons. The van der Waals surface area contributed by atoms with Crippen molar-refractivity contribution in [2.24, 2.45) is 0 Å². The highest BCUT2D eigenvalue weighted by molar-refractivity contribution is 4.87. The summed E-state index contributed by atoms with van der Waals surface area (Å²) in [6.07, 6.45) is 4.18. The van der Waals surface area contributed by atoms with E-state index in [1.54, 1.807) is 7.11 Å². The number of rotatable bonds is 12. The van der Waals surface area contributed by atoms with E-state index in [9.17, 15) is 5.11 Å². The summed E-state index contributed by atoms with van der Waals surface area (Å²) in [5.74, 6) is 0. The minimum Gasteiger partial charge on any atom is -0.394 e. The molecule has 0 spiro atoms. The van der Waals surface area contributed by atoms with Crippen molar-refractivity contribution in [3.05, 3.63) is 0 Å². The Morgan fingerprint density at radius 1 is 1.26 bits per heavy atom. The first-order valence-corrected chi connectivity index (χ1v) is 7.55. The molecule has 0 saturated heterocycles. The van der Waals surface area contributed by atoms with Crippen LogP contribution in [0.4, 0.5) is 0 Å². The molecule has 0 aromatic heterocycles. The molecular weight excluding hydrogens is 240 g/mol. The molecule has 0 aliphatic heterocycles. The largest absolute Gasteiger partial charge is 0.394 e. The van der Waals surface area contributed by atoms with Crippen molar-refractivity contribution in [2.75, 3.05) is 40.5 Å². The number of aliphatic hydroxyl groups excluding tert-OH is 1. The molecule has 1 unspecified atom stereocenters. The highest BCUT2D eigenvalue weighted by Crippen LogP contribution is 2.18. The van der Waals surface area contributed by atoms with Crippen molar-refractivity contribution < 1.29 is 9.84 Å². The summed E-state index contributed by atoms with van der Waals surface area (Å²) in [5, 5.41) is 13.2. The lowest BCUT2D eigenvalue weighted by Crippen LogP contribution is -2.51. The maximum atomic E-state index is 9.67. The highest BCUT2D eigenvalue weighted by atomic mass is 16.5. The zero-order chi connectivity index (χ0) is 14.7. The summed E-state index contributed by atoms with van der Waals surface area (Å²) in [5.41, 5.74) is -0.110. The second kappa shape index (κ2) is 10.6. The Morgan fingerprint density at radius 2 is 1.89 bits per heavy atom. The highest BCUT2D eigenvalue weighted by Gasteiger charge is 2.27. The van der Waals surface area contributed by atoms with Crippen molar-refractivity contribution >= 4 is 0 Å². The third-order valence-electron chi connectivity index (χ3n) is 3.66. The Hall–Kier alpha value is -0.160. The summed E-state index contributed by atoms with van der Waals surface area (Å²) >= 11 is 0. The van der Waals surface area contributed by atoms with Gasteiger partial charge in [0, 0.05) is 31.8 Å². The van der Waals surface area contributed by atoms with Crippen molar-refractivity contribution in [3.8, 4) is 0 Å². The van der Waals surface area contributed by atoms with Gasteiger partial charge in [-0.15, -0.1) is 0 Å². The first-order chi connectivity index (χ1) is 8.99. The Balaban J connectivity index is 3.98. The van der Waals surface area contributed by atoms with Crippen LogP contribution < -0.4 is 5.32 Å². The predicted molar refractivity (Wildman–Crippen MR) is 81.6 cm³/mol. The van der Waals surface area contributed by atoms with Gasteiger partial charge in [-0.1, -0.05) is 20.8 Å². The molecule has 19 heavy (non-hydrogen) atoms. The van der Waals surface area contributed by atoms with Gasteiger partial charge in [0.15, 0.2) is 0 Å². The van der Waals surface area contributed by atoms with E-state index in [0.717, 1.165) is 45.4 Å². The number of methoxy groups -OCH3 is 1. The molecule has 0 aromatic rings. The van der Waals surface area contributed by atoms with Gasteiger partial charge in [-0.25, -0.2) is 0 Å². The van der Waals surface area contributed by atoms with Gasteiger partial charge in [-0.2, -0.15) is 0 Å². The van der Waals surface area contributed by atoms with Crippen molar-refractivity contribution in [3.63, 3.8) is 0 Å². The standard InChI is InChI=1S/C15H34N2O2/c1-6-15(13-18,16-14(2)3)9-7-10-17(4)11-8-12-19-5/h14,16,18H,6-13H2,1-5H3. The average Bonchev–Trinajstić information content (AvgIpc) is 2.37. The van der Waals surface area contributed by atoms with Crippen LogP contribution in [0.5, 0.6) is 0 Å². The lowest BCUT2D eigenvalue weighted by atomic mass is 9.90. The van der Waals surface area contributed by atoms with Gasteiger partial charge in [0.1, 0.15) is 0 Å². The number of nitrogens with one attached hydrogen (secondary N) is 1. The maximum Gasteiger partial charge on any atom is 0.0613 e. The molecule has 0 aliphatic carbocycles. The molecular formula is C15H34N2O2. The minimum absolute atomic E-state index is 0.110. The number of nitrogens with zero attached hydrogens (tertiary/aromatic N) is 1. The normalized spacial score (nSPS) is 15.2. The molecule has 0 amide bonds. The molecule has 0 heterocycles. The Morgan fingerprint density at radius 3 is 2.37 bits per heavy atom. The molecule has 0 fully saturated rings. The molecule has 0 aliphatic rings. The van der Waals surface area contributed by atoms with Gasteiger partial charge in [0.05, 0.1) is 6.61 Å². The third-order valence-corrected chi connectivity index (χ3v) is 3.66. The van der Waals surface area contributed by atoms with E-state index >= 15 is 0 Å². The van der Waals surface area contributed by atoms with Gasteiger partial charge in [-0.3, -0.25) is 0 Å². The van der Waals surface area contributed by atoms with Crippen LogP contribution in [-0.4, -0.2) is 62.0 Å². The van der Waals surface area contributed by atoms with Gasteiger partial charge < -0.3 is 20.1 Å². The van der Waals surface area contributed by atoms with E-state index in [1.165, 1.54) is 0 Å². The summed E-state index contributed by atoms with van der Waals surface area (Å²) in [6.45, 7) is 9.61. The lowest BCUT2D eigenvalue weighted by molar-refractivity contribution is 0.130. The number of aliphatic hydroxyl groups is 1. The summed E-state index contributed by atoms with van der Waals surface area (Å²) in [6, 6.07) is 0.409. The Bertz CT molecular complexity index is 206. The van der Waals surface area contributed by atoms with Gasteiger partial charge in [0.25, 0.3) is 0 Å². The van der Waals surface area contributed by atoms with Crippen LogP contribution in [0.3, 0.4) is 0 Å². The zero-order valence-corrected chi connectivity index (χ0v) is 13.5. The fourth-order valence-corrected chi connectivity index (χ4v) is 2.48. The number of ether oxygens (including phenoxy) is 1. The van der Waals surface area contributed by atoms with E-state index in [1.807, 2.05) is 0 Å². The average molecular weight is 274 g/mol. The van der Waals surface area contributed by atoms with E-state index in [-0.39, 0.29) is 12.1 Å². The topological polar surface area (TPSA) is 44.7 Å². The maximum absolute atomic E-state index is 9.67. The summed E-state index contributed by atoms with van der Waals surface area (Å²) in [7, 11) is 3.90. The van der Waals surface area contributed by atoms with Gasteiger partial charge in [-0.05, 0) is 39.3 Å². The zero-order valence-electron chi connectivity index (χ0n) is 13.5. The van der Waals surface area contributed by atoms with Crippen LogP contribution in [-0.2, 0) is 4.74 Å². The fourth-order valence-electron chi connectivity index (χ4n) is 2.48. The van der Waals surface area contributed by atoms with E-state index in [0.29, 0.717) is 6.04 Å². The fraction of sp³-hybridized carbons (Fsp3) is 1.00. The lowest BCUT2D eigenvalue weighted by Gasteiger charge is -2.35. The smallest absolute Gasteiger partial charge is 0.0613 e. The third kappa shape index (κ3) is 8.58. The van der Waals surface area contributed by atoms with Crippen molar-refractivity contribution in [1.29, 1.82) is 0 Å². The summed E-state index contributed by atoms with van der Waals surface area (Å²) < 4.78 is 5.06. The van der Waals surface area contributed by atoms with Crippen LogP contribution in [0.2, 0.25) is 0 Å². The second-order valence-corrected chi connectivity index (χ2v) is 5.84. The molecule has 2 N–H and O–H groups in total. The van der Waals surface area contributed by atoms with E-state index < -0.39 is 0 Å². The van der Waals surface area contributed by atoms with E-state index in [4.69, 9.17) is 4.74 Å². The van der Waals surface area contributed by atoms with Gasteiger partial charge >= 0.3 is 0 Å². The summed E-state index contributed by atoms with van der Waals surface area (Å²) in [4.78, 5) is 2.34. The van der Waals surface area contributed by atoms with Gasteiger partial charge in [0.2, 0.25) is 0 Å². The minimum atomic E-state index is -0.110. The molecule has 4 nitrogen and oxygen atoms in total. The SMILES string of the molecule is CCC(CO)(CCCN(C)CCCOC)NC(C)C. The number of hydrogen-bond acceptors (Lipinski definition) is 4. The predicted octanol–water partition coefficient (Wildman–Crippen LogP) is 1.87. The van der Waals surface area contributed by atoms with Crippen LogP contribution >= 0.6 is 0 Å². The number of hydrogen-bond donors (Lipinski definition) is 2. The monoisotopic (exact) mass is 274 g/mol. The van der Waals surface area contributed by atoms with Crippen molar-refractivity contribution in [2.45, 2.75) is 58.0 Å². The molecule has 4 heteroatoms. The van der Waals surface area contributed by atoms with Crippen LogP contribution in [0.25, 0.3) is 0 Å². The Labute approximate surface area is 119 Å². The molecule has 1 atom stereocenters. The molecule has 0 aromatic carbocycles. The molecule has 0 bridgehead atoms.